The summed E-state index contributed by atoms with van der Waals surface area (Å²) in [6.07, 6.45) is 0. The van der Waals surface area contributed by atoms with E-state index in [0.717, 1.165) is 22.7 Å². The standard InChI is InChI=1S/C20H19N3O3S/c1-2-26-16-10-8-14(9-11-16)20(24)21-19-17-12-27(25)13-18(17)22-23(19)15-6-4-3-5-7-15/h3-11H,2,12-13H2,1H3,(H,21,24). The molecule has 1 atom stereocenters. The fourth-order valence-corrected chi connectivity index (χ4v) is 4.33. The maximum atomic E-state index is 12.8. The van der Waals surface area contributed by atoms with Crippen molar-refractivity contribution in [2.45, 2.75) is 18.4 Å². The molecule has 0 radical (unpaired) electrons. The summed E-state index contributed by atoms with van der Waals surface area (Å²) in [5, 5.41) is 7.55. The first-order valence-corrected chi connectivity index (χ1v) is 10.2. The summed E-state index contributed by atoms with van der Waals surface area (Å²) >= 11 is 0. The van der Waals surface area contributed by atoms with Gasteiger partial charge in [0.1, 0.15) is 11.6 Å². The Labute approximate surface area is 159 Å². The van der Waals surface area contributed by atoms with E-state index < -0.39 is 10.8 Å². The van der Waals surface area contributed by atoms with Crippen molar-refractivity contribution in [3.63, 3.8) is 0 Å². The fraction of sp³-hybridized carbons (Fsp3) is 0.200. The van der Waals surface area contributed by atoms with Gasteiger partial charge in [-0.3, -0.25) is 9.00 Å². The van der Waals surface area contributed by atoms with Crippen LogP contribution in [-0.4, -0.2) is 26.5 Å². The smallest absolute Gasteiger partial charge is 0.256 e. The molecule has 1 amide bonds. The molecule has 27 heavy (non-hydrogen) atoms. The fourth-order valence-electron chi connectivity index (χ4n) is 3.06. The summed E-state index contributed by atoms with van der Waals surface area (Å²) in [5.41, 5.74) is 2.99. The lowest BCUT2D eigenvalue weighted by molar-refractivity contribution is 0.102. The summed E-state index contributed by atoms with van der Waals surface area (Å²) in [5.74, 6) is 1.89. The molecule has 0 saturated heterocycles. The van der Waals surface area contributed by atoms with Gasteiger partial charge in [0.2, 0.25) is 0 Å². The SMILES string of the molecule is CCOc1ccc(C(=O)Nc2c3c(nn2-c2ccccc2)CS(=O)C3)cc1. The van der Waals surface area contributed by atoms with Crippen LogP contribution < -0.4 is 10.1 Å². The van der Waals surface area contributed by atoms with Crippen molar-refractivity contribution in [2.24, 2.45) is 0 Å². The number of nitrogens with zero attached hydrogens (tertiary/aromatic N) is 2. The normalized spacial score (nSPS) is 15.4. The van der Waals surface area contributed by atoms with E-state index in [0.29, 0.717) is 29.5 Å². The molecule has 4 rings (SSSR count). The molecule has 1 aromatic heterocycles. The molecule has 2 heterocycles. The summed E-state index contributed by atoms with van der Waals surface area (Å²) < 4.78 is 19.1. The third-order valence-electron chi connectivity index (χ3n) is 4.33. The van der Waals surface area contributed by atoms with Gasteiger partial charge in [-0.25, -0.2) is 4.68 Å². The molecule has 1 aliphatic rings. The van der Waals surface area contributed by atoms with Gasteiger partial charge in [0, 0.05) is 21.9 Å². The average Bonchev–Trinajstić information content (AvgIpc) is 3.20. The molecule has 1 unspecified atom stereocenters. The van der Waals surface area contributed by atoms with Crippen LogP contribution in [0.2, 0.25) is 0 Å². The topological polar surface area (TPSA) is 73.2 Å². The number of hydrogen-bond acceptors (Lipinski definition) is 4. The van der Waals surface area contributed by atoms with Gasteiger partial charge in [-0.1, -0.05) is 18.2 Å². The van der Waals surface area contributed by atoms with Gasteiger partial charge >= 0.3 is 0 Å². The van der Waals surface area contributed by atoms with E-state index in [4.69, 9.17) is 4.74 Å². The highest BCUT2D eigenvalue weighted by atomic mass is 32.2. The van der Waals surface area contributed by atoms with Gasteiger partial charge in [-0.15, -0.1) is 0 Å². The van der Waals surface area contributed by atoms with Gasteiger partial charge in [-0.05, 0) is 43.3 Å². The van der Waals surface area contributed by atoms with E-state index in [2.05, 4.69) is 10.4 Å². The van der Waals surface area contributed by atoms with Crippen LogP contribution in [0.4, 0.5) is 5.82 Å². The first-order chi connectivity index (χ1) is 13.2. The molecule has 1 aliphatic heterocycles. The van der Waals surface area contributed by atoms with E-state index in [9.17, 15) is 9.00 Å². The molecule has 0 fully saturated rings. The minimum atomic E-state index is -0.972. The number of ether oxygens (including phenoxy) is 1. The number of benzene rings is 2. The number of amides is 1. The Morgan fingerprint density at radius 1 is 1.15 bits per heavy atom. The number of aromatic nitrogens is 2. The first kappa shape index (κ1) is 17.5. The second-order valence-electron chi connectivity index (χ2n) is 6.16. The predicted octanol–water partition coefficient (Wildman–Crippen LogP) is 3.29. The third-order valence-corrected chi connectivity index (χ3v) is 5.54. The van der Waals surface area contributed by atoms with Crippen LogP contribution in [0.5, 0.6) is 5.75 Å². The molecule has 0 bridgehead atoms. The van der Waals surface area contributed by atoms with E-state index in [1.807, 2.05) is 37.3 Å². The Bertz CT molecular complexity index is 997. The number of fused-ring (bicyclic) bond motifs is 1. The molecule has 0 spiro atoms. The van der Waals surface area contributed by atoms with E-state index in [1.54, 1.807) is 28.9 Å². The van der Waals surface area contributed by atoms with Crippen LogP contribution in [0.25, 0.3) is 5.69 Å². The lowest BCUT2D eigenvalue weighted by Crippen LogP contribution is -2.16. The molecule has 3 aromatic rings. The zero-order chi connectivity index (χ0) is 18.8. The number of hydrogen-bond donors (Lipinski definition) is 1. The van der Waals surface area contributed by atoms with E-state index >= 15 is 0 Å². The molecule has 138 valence electrons. The summed E-state index contributed by atoms with van der Waals surface area (Å²) in [7, 11) is -0.972. The third kappa shape index (κ3) is 3.50. The summed E-state index contributed by atoms with van der Waals surface area (Å²) in [4.78, 5) is 12.8. The van der Waals surface area contributed by atoms with Crippen LogP contribution in [0.15, 0.2) is 54.6 Å². The molecular formula is C20H19N3O3S. The minimum absolute atomic E-state index is 0.240. The first-order valence-electron chi connectivity index (χ1n) is 8.71. The van der Waals surface area contributed by atoms with Gasteiger partial charge in [-0.2, -0.15) is 5.10 Å². The highest BCUT2D eigenvalue weighted by Crippen LogP contribution is 2.31. The molecule has 0 aliphatic carbocycles. The monoisotopic (exact) mass is 381 g/mol. The Hall–Kier alpha value is -2.93. The molecule has 6 nitrogen and oxygen atoms in total. The quantitative estimate of drug-likeness (QED) is 0.736. The highest BCUT2D eigenvalue weighted by molar-refractivity contribution is 7.83. The predicted molar refractivity (Wildman–Crippen MR) is 105 cm³/mol. The van der Waals surface area contributed by atoms with E-state index in [1.165, 1.54) is 0 Å². The maximum Gasteiger partial charge on any atom is 0.256 e. The Morgan fingerprint density at radius 2 is 1.89 bits per heavy atom. The molecule has 0 saturated carbocycles. The van der Waals surface area contributed by atoms with E-state index in [-0.39, 0.29) is 5.91 Å². The van der Waals surface area contributed by atoms with Crippen molar-refractivity contribution in [3.05, 3.63) is 71.4 Å². The van der Waals surface area contributed by atoms with Gasteiger partial charge in [0.05, 0.1) is 29.5 Å². The largest absolute Gasteiger partial charge is 0.494 e. The second-order valence-corrected chi connectivity index (χ2v) is 7.62. The molecule has 2 aromatic carbocycles. The van der Waals surface area contributed by atoms with Crippen molar-refractivity contribution in [1.29, 1.82) is 0 Å². The van der Waals surface area contributed by atoms with Gasteiger partial charge in [0.25, 0.3) is 5.91 Å². The Kier molecular flexibility index (Phi) is 4.77. The van der Waals surface area contributed by atoms with Crippen LogP contribution in [0.1, 0.15) is 28.5 Å². The van der Waals surface area contributed by atoms with Crippen molar-refractivity contribution in [2.75, 3.05) is 11.9 Å². The maximum absolute atomic E-state index is 12.8. The zero-order valence-corrected chi connectivity index (χ0v) is 15.7. The van der Waals surface area contributed by atoms with Crippen molar-refractivity contribution in [1.82, 2.24) is 9.78 Å². The van der Waals surface area contributed by atoms with Crippen LogP contribution in [0, 0.1) is 0 Å². The number of para-hydroxylation sites is 1. The minimum Gasteiger partial charge on any atom is -0.494 e. The second kappa shape index (κ2) is 7.36. The zero-order valence-electron chi connectivity index (χ0n) is 14.8. The summed E-state index contributed by atoms with van der Waals surface area (Å²) in [6.45, 7) is 2.49. The van der Waals surface area contributed by atoms with Crippen molar-refractivity contribution in [3.8, 4) is 11.4 Å². The Morgan fingerprint density at radius 3 is 2.59 bits per heavy atom. The number of rotatable bonds is 5. The lowest BCUT2D eigenvalue weighted by Gasteiger charge is -2.11. The van der Waals surface area contributed by atoms with Crippen LogP contribution in [0.3, 0.4) is 0 Å². The van der Waals surface area contributed by atoms with Crippen molar-refractivity contribution < 1.29 is 13.7 Å². The number of anilines is 1. The van der Waals surface area contributed by atoms with Crippen molar-refractivity contribution >= 4 is 22.5 Å². The molecular weight excluding hydrogens is 362 g/mol. The number of carbonyl (C=O) groups is 1. The van der Waals surface area contributed by atoms with Gasteiger partial charge < -0.3 is 10.1 Å². The Balaban J connectivity index is 1.66. The summed E-state index contributed by atoms with van der Waals surface area (Å²) in [6, 6.07) is 16.6. The van der Waals surface area contributed by atoms with Gasteiger partial charge in [0.15, 0.2) is 0 Å². The van der Waals surface area contributed by atoms with Crippen LogP contribution >= 0.6 is 0 Å². The average molecular weight is 381 g/mol. The van der Waals surface area contributed by atoms with Crippen LogP contribution in [-0.2, 0) is 22.3 Å². The lowest BCUT2D eigenvalue weighted by atomic mass is 10.2. The number of nitrogens with one attached hydrogen (secondary N) is 1. The molecule has 1 N–H and O–H groups in total. The number of carbonyl (C=O) groups excluding carboxylic acids is 1. The molecule has 7 heteroatoms. The highest BCUT2D eigenvalue weighted by Gasteiger charge is 2.28.